The Morgan fingerprint density at radius 1 is 1.54 bits per heavy atom. The number of nitrogens with one attached hydrogen (secondary N) is 1. The molecule has 2 aromatic rings. The summed E-state index contributed by atoms with van der Waals surface area (Å²) < 4.78 is 0. The van der Waals surface area contributed by atoms with E-state index in [9.17, 15) is 9.90 Å². The Morgan fingerprint density at radius 3 is 3.17 bits per heavy atom. The third-order valence-corrected chi connectivity index (χ3v) is 4.98. The lowest BCUT2D eigenvalue weighted by atomic mass is 10.2. The molecule has 1 unspecified atom stereocenters. The van der Waals surface area contributed by atoms with Gasteiger partial charge in [-0.05, 0) is 31.0 Å². The van der Waals surface area contributed by atoms with Crippen LogP contribution in [0, 0.1) is 11.3 Å². The molecule has 0 aliphatic carbocycles. The first-order valence-corrected chi connectivity index (χ1v) is 8.69. The first-order valence-electron chi connectivity index (χ1n) is 7.81. The third-order valence-electron chi connectivity index (χ3n) is 4.04. The lowest BCUT2D eigenvalue weighted by molar-refractivity contribution is 0.0672. The van der Waals surface area contributed by atoms with Crippen LogP contribution in [0.4, 0.5) is 5.82 Å². The average molecular weight is 342 g/mol. The summed E-state index contributed by atoms with van der Waals surface area (Å²) in [5, 5.41) is 23.2. The number of aromatic nitrogens is 1. The molecule has 1 amide bonds. The zero-order chi connectivity index (χ0) is 16.9. The molecule has 0 radical (unpaired) electrons. The molecule has 1 aliphatic heterocycles. The van der Waals surface area contributed by atoms with E-state index in [1.54, 1.807) is 17.0 Å². The van der Waals surface area contributed by atoms with Crippen molar-refractivity contribution in [3.63, 3.8) is 0 Å². The number of carbonyl (C=O) groups excluding carboxylic acids is 1. The largest absolute Gasteiger partial charge is 0.394 e. The van der Waals surface area contributed by atoms with Crippen molar-refractivity contribution in [2.75, 3.05) is 18.5 Å². The van der Waals surface area contributed by atoms with Crippen LogP contribution in [0.25, 0.3) is 0 Å². The van der Waals surface area contributed by atoms with Crippen LogP contribution < -0.4 is 5.32 Å². The number of nitriles is 1. The molecule has 7 heteroatoms. The van der Waals surface area contributed by atoms with Crippen molar-refractivity contribution in [1.82, 2.24) is 9.88 Å². The van der Waals surface area contributed by atoms with Crippen LogP contribution in [0.2, 0.25) is 0 Å². The molecule has 0 bridgehead atoms. The lowest BCUT2D eigenvalue weighted by Gasteiger charge is -2.22. The van der Waals surface area contributed by atoms with Crippen molar-refractivity contribution < 1.29 is 9.90 Å². The quantitative estimate of drug-likeness (QED) is 0.870. The van der Waals surface area contributed by atoms with Crippen molar-refractivity contribution in [3.8, 4) is 6.07 Å². The summed E-state index contributed by atoms with van der Waals surface area (Å²) in [6.45, 7) is 1.21. The topological polar surface area (TPSA) is 89.2 Å². The van der Waals surface area contributed by atoms with Gasteiger partial charge in [-0.25, -0.2) is 4.98 Å². The van der Waals surface area contributed by atoms with Gasteiger partial charge in [0, 0.05) is 16.8 Å². The van der Waals surface area contributed by atoms with Gasteiger partial charge in [0.2, 0.25) is 0 Å². The number of aliphatic hydroxyl groups excluding tert-OH is 1. The van der Waals surface area contributed by atoms with E-state index in [0.29, 0.717) is 30.2 Å². The van der Waals surface area contributed by atoms with Gasteiger partial charge in [0.25, 0.3) is 5.91 Å². The Balaban J connectivity index is 1.67. The number of rotatable bonds is 5. The van der Waals surface area contributed by atoms with Gasteiger partial charge in [0.15, 0.2) is 0 Å². The summed E-state index contributed by atoms with van der Waals surface area (Å²) in [6.07, 6.45) is 1.74. The van der Waals surface area contributed by atoms with E-state index < -0.39 is 0 Å². The Hall–Kier alpha value is -2.43. The highest BCUT2D eigenvalue weighted by Gasteiger charge is 2.29. The molecule has 0 spiro atoms. The number of hydrogen-bond donors (Lipinski definition) is 2. The molecule has 3 rings (SSSR count). The summed E-state index contributed by atoms with van der Waals surface area (Å²) in [4.78, 5) is 19.7. The van der Waals surface area contributed by atoms with Gasteiger partial charge in [-0.3, -0.25) is 4.79 Å². The Bertz CT molecular complexity index is 768. The Kier molecular flexibility index (Phi) is 5.08. The van der Waals surface area contributed by atoms with Crippen molar-refractivity contribution >= 4 is 23.1 Å². The number of hydrogen-bond acceptors (Lipinski definition) is 6. The maximum absolute atomic E-state index is 12.6. The summed E-state index contributed by atoms with van der Waals surface area (Å²) in [5.74, 6) is 0.477. The Labute approximate surface area is 144 Å². The first-order chi connectivity index (χ1) is 11.7. The molecule has 24 heavy (non-hydrogen) atoms. The average Bonchev–Trinajstić information content (AvgIpc) is 3.28. The predicted molar refractivity (Wildman–Crippen MR) is 91.7 cm³/mol. The van der Waals surface area contributed by atoms with Crippen molar-refractivity contribution in [2.24, 2.45) is 0 Å². The van der Waals surface area contributed by atoms with Crippen molar-refractivity contribution in [2.45, 2.75) is 25.4 Å². The molecule has 0 aromatic carbocycles. The van der Waals surface area contributed by atoms with Gasteiger partial charge in [0.05, 0.1) is 24.8 Å². The maximum atomic E-state index is 12.6. The monoisotopic (exact) mass is 342 g/mol. The smallest absolute Gasteiger partial charge is 0.272 e. The number of pyridine rings is 1. The normalized spacial score (nSPS) is 16.8. The van der Waals surface area contributed by atoms with Crippen LogP contribution in [0.1, 0.15) is 33.8 Å². The molecule has 2 N–H and O–H groups in total. The number of nitrogens with zero attached hydrogens (tertiary/aromatic N) is 3. The number of aliphatic hydroxyl groups is 1. The summed E-state index contributed by atoms with van der Waals surface area (Å²) in [6, 6.07) is 9.13. The molecule has 2 aromatic heterocycles. The number of thiophene rings is 1. The molecular formula is C17H18N4O2S. The minimum Gasteiger partial charge on any atom is -0.394 e. The molecule has 124 valence electrons. The summed E-state index contributed by atoms with van der Waals surface area (Å²) >= 11 is 1.51. The Morgan fingerprint density at radius 2 is 2.42 bits per heavy atom. The highest BCUT2D eigenvalue weighted by atomic mass is 32.1. The zero-order valence-corrected chi connectivity index (χ0v) is 13.9. The van der Waals surface area contributed by atoms with Gasteiger partial charge in [-0.1, -0.05) is 6.07 Å². The number of likely N-dealkylation sites (tertiary alicyclic amines) is 1. The minimum absolute atomic E-state index is 0.0106. The minimum atomic E-state index is -0.141. The van der Waals surface area contributed by atoms with E-state index >= 15 is 0 Å². The number of carbonyl (C=O) groups is 1. The summed E-state index contributed by atoms with van der Waals surface area (Å²) in [7, 11) is 0. The van der Waals surface area contributed by atoms with Crippen LogP contribution in [0.3, 0.4) is 0 Å². The fourth-order valence-electron chi connectivity index (χ4n) is 2.80. The zero-order valence-electron chi connectivity index (χ0n) is 13.1. The molecule has 1 aliphatic rings. The molecule has 1 fully saturated rings. The van der Waals surface area contributed by atoms with E-state index in [1.165, 1.54) is 11.3 Å². The number of anilines is 1. The summed E-state index contributed by atoms with van der Waals surface area (Å²) in [5.41, 5.74) is 1.03. The van der Waals surface area contributed by atoms with Gasteiger partial charge >= 0.3 is 0 Å². The van der Waals surface area contributed by atoms with Crippen LogP contribution in [0.15, 0.2) is 29.6 Å². The molecule has 1 atom stereocenters. The second kappa shape index (κ2) is 7.43. The second-order valence-corrected chi connectivity index (χ2v) is 6.65. The van der Waals surface area contributed by atoms with E-state index in [1.807, 2.05) is 17.5 Å². The van der Waals surface area contributed by atoms with Gasteiger partial charge in [-0.2, -0.15) is 5.26 Å². The molecular weight excluding hydrogens is 324 g/mol. The molecule has 3 heterocycles. The molecule has 0 saturated carbocycles. The molecule has 1 saturated heterocycles. The van der Waals surface area contributed by atoms with Crippen LogP contribution in [0.5, 0.6) is 0 Å². The van der Waals surface area contributed by atoms with Crippen molar-refractivity contribution in [1.29, 1.82) is 5.26 Å². The first kappa shape index (κ1) is 16.4. The molecule has 6 nitrogen and oxygen atoms in total. The van der Waals surface area contributed by atoms with Crippen LogP contribution in [-0.2, 0) is 6.54 Å². The maximum Gasteiger partial charge on any atom is 0.272 e. The fraction of sp³-hybridized carbons (Fsp3) is 0.353. The van der Waals surface area contributed by atoms with E-state index in [2.05, 4.69) is 16.4 Å². The van der Waals surface area contributed by atoms with Gasteiger partial charge in [-0.15, -0.1) is 11.3 Å². The highest BCUT2D eigenvalue weighted by molar-refractivity contribution is 7.10. The van der Waals surface area contributed by atoms with Gasteiger partial charge in [0.1, 0.15) is 17.6 Å². The van der Waals surface area contributed by atoms with Crippen molar-refractivity contribution in [3.05, 3.63) is 45.8 Å². The van der Waals surface area contributed by atoms with Crippen LogP contribution in [-0.4, -0.2) is 40.1 Å². The van der Waals surface area contributed by atoms with E-state index in [4.69, 9.17) is 5.26 Å². The van der Waals surface area contributed by atoms with E-state index in [0.717, 1.165) is 17.7 Å². The lowest BCUT2D eigenvalue weighted by Crippen LogP contribution is -2.38. The van der Waals surface area contributed by atoms with Gasteiger partial charge < -0.3 is 15.3 Å². The third kappa shape index (κ3) is 3.55. The number of amides is 1. The SMILES string of the molecule is N#Cc1csc(CNc2cccc(C(=O)N3CCCC3CO)n2)c1. The second-order valence-electron chi connectivity index (χ2n) is 5.65. The highest BCUT2D eigenvalue weighted by Crippen LogP contribution is 2.20. The fourth-order valence-corrected chi connectivity index (χ4v) is 3.55. The van der Waals surface area contributed by atoms with Crippen LogP contribution >= 0.6 is 11.3 Å². The van der Waals surface area contributed by atoms with E-state index in [-0.39, 0.29) is 18.6 Å². The predicted octanol–water partition coefficient (Wildman–Crippen LogP) is 2.22. The standard InChI is InChI=1S/C17H18N4O2S/c18-8-12-7-14(24-11-12)9-19-16-5-1-4-15(20-16)17(23)21-6-2-3-13(21)10-22/h1,4-5,7,11,13,22H,2-3,6,9-10H2,(H,19,20).